The molecule has 1 aromatic heterocycles. The summed E-state index contributed by atoms with van der Waals surface area (Å²) in [5, 5.41) is 10.5. The van der Waals surface area contributed by atoms with Gasteiger partial charge in [0.25, 0.3) is 0 Å². The van der Waals surface area contributed by atoms with Gasteiger partial charge in [-0.2, -0.15) is 5.10 Å². The first kappa shape index (κ1) is 16.4. The molecule has 0 bridgehead atoms. The lowest BCUT2D eigenvalue weighted by Crippen LogP contribution is -2.40. The molecule has 0 radical (unpaired) electrons. The minimum absolute atomic E-state index is 0.0590. The topological polar surface area (TPSA) is 68.2 Å². The van der Waals surface area contributed by atoms with E-state index in [2.05, 4.69) is 22.7 Å². The van der Waals surface area contributed by atoms with E-state index < -0.39 is 0 Å². The average molecular weight is 328 g/mol. The zero-order valence-electron chi connectivity index (χ0n) is 14.6. The Balaban J connectivity index is 1.70. The molecule has 1 aromatic carbocycles. The predicted molar refractivity (Wildman–Crippen MR) is 92.1 cm³/mol. The molecule has 0 saturated carbocycles. The van der Waals surface area contributed by atoms with E-state index in [0.717, 1.165) is 34.7 Å². The summed E-state index contributed by atoms with van der Waals surface area (Å²) in [7, 11) is 1.92. The van der Waals surface area contributed by atoms with Crippen molar-refractivity contribution < 1.29 is 9.53 Å². The van der Waals surface area contributed by atoms with Gasteiger partial charge in [0.1, 0.15) is 12.4 Å². The van der Waals surface area contributed by atoms with Crippen LogP contribution in [0.2, 0.25) is 0 Å². The standard InChI is InChI=1S/C18H24N4O2/c1-5-14(17-11(2)21-22(4)12(17)3)19-18(23)20-15-10-24-16-9-7-6-8-13(15)16/h6-9,14-15H,5,10H2,1-4H3,(H2,19,20,23)/t14-,15+/m1/s1. The molecule has 0 unspecified atom stereocenters. The maximum Gasteiger partial charge on any atom is 0.315 e. The summed E-state index contributed by atoms with van der Waals surface area (Å²) in [6, 6.07) is 7.44. The van der Waals surface area contributed by atoms with Crippen LogP contribution in [0.4, 0.5) is 4.79 Å². The molecule has 0 saturated heterocycles. The smallest absolute Gasteiger partial charge is 0.315 e. The molecule has 6 nitrogen and oxygen atoms in total. The molecule has 6 heteroatoms. The van der Waals surface area contributed by atoms with Crippen LogP contribution in [0, 0.1) is 13.8 Å². The number of carbonyl (C=O) groups excluding carboxylic acids is 1. The van der Waals surface area contributed by atoms with Crippen LogP contribution in [0.25, 0.3) is 0 Å². The van der Waals surface area contributed by atoms with Crippen molar-refractivity contribution in [1.29, 1.82) is 0 Å². The lowest BCUT2D eigenvalue weighted by atomic mass is 10.0. The Bertz CT molecular complexity index is 753. The summed E-state index contributed by atoms with van der Waals surface area (Å²) < 4.78 is 7.47. The number of aromatic nitrogens is 2. The number of fused-ring (bicyclic) bond motifs is 1. The predicted octanol–water partition coefficient (Wildman–Crippen LogP) is 2.92. The first-order chi connectivity index (χ1) is 11.5. The highest BCUT2D eigenvalue weighted by atomic mass is 16.5. The van der Waals surface area contributed by atoms with E-state index in [4.69, 9.17) is 4.74 Å². The highest BCUT2D eigenvalue weighted by molar-refractivity contribution is 5.75. The van der Waals surface area contributed by atoms with E-state index >= 15 is 0 Å². The highest BCUT2D eigenvalue weighted by Gasteiger charge is 2.27. The lowest BCUT2D eigenvalue weighted by Gasteiger charge is -2.20. The molecular weight excluding hydrogens is 304 g/mol. The zero-order valence-corrected chi connectivity index (χ0v) is 14.6. The molecule has 1 aliphatic heterocycles. The number of para-hydroxylation sites is 1. The van der Waals surface area contributed by atoms with Gasteiger partial charge in [-0.15, -0.1) is 0 Å². The van der Waals surface area contributed by atoms with E-state index in [1.165, 1.54) is 0 Å². The van der Waals surface area contributed by atoms with Crippen LogP contribution in [-0.2, 0) is 7.05 Å². The fraction of sp³-hybridized carbons (Fsp3) is 0.444. The fourth-order valence-corrected chi connectivity index (χ4v) is 3.31. The molecule has 0 aliphatic carbocycles. The summed E-state index contributed by atoms with van der Waals surface area (Å²) in [5.74, 6) is 0.841. The van der Waals surface area contributed by atoms with Crippen molar-refractivity contribution in [3.05, 3.63) is 46.8 Å². The van der Waals surface area contributed by atoms with Gasteiger partial charge >= 0.3 is 6.03 Å². The van der Waals surface area contributed by atoms with Crippen molar-refractivity contribution in [2.24, 2.45) is 7.05 Å². The second-order valence-corrected chi connectivity index (χ2v) is 6.19. The number of amides is 2. The van der Waals surface area contributed by atoms with Gasteiger partial charge in [-0.25, -0.2) is 4.79 Å². The Morgan fingerprint density at radius 1 is 1.42 bits per heavy atom. The fourth-order valence-electron chi connectivity index (χ4n) is 3.31. The first-order valence-electron chi connectivity index (χ1n) is 8.30. The number of urea groups is 1. The Hall–Kier alpha value is -2.50. The second-order valence-electron chi connectivity index (χ2n) is 6.19. The summed E-state index contributed by atoms with van der Waals surface area (Å²) in [5.41, 5.74) is 4.15. The number of hydrogen-bond donors (Lipinski definition) is 2. The van der Waals surface area contributed by atoms with Gasteiger partial charge < -0.3 is 15.4 Å². The Labute approximate surface area is 142 Å². The van der Waals surface area contributed by atoms with Crippen LogP contribution in [0.5, 0.6) is 5.75 Å². The molecule has 3 rings (SSSR count). The second kappa shape index (κ2) is 6.55. The van der Waals surface area contributed by atoms with Crippen LogP contribution in [-0.4, -0.2) is 22.4 Å². The number of hydrogen-bond acceptors (Lipinski definition) is 3. The number of rotatable bonds is 4. The van der Waals surface area contributed by atoms with Gasteiger partial charge in [0.05, 0.1) is 17.8 Å². The van der Waals surface area contributed by atoms with Gasteiger partial charge in [-0.3, -0.25) is 4.68 Å². The summed E-state index contributed by atoms with van der Waals surface area (Å²) in [4.78, 5) is 12.5. The number of nitrogens with zero attached hydrogens (tertiary/aromatic N) is 2. The zero-order chi connectivity index (χ0) is 17.3. The number of ether oxygens (including phenoxy) is 1. The van der Waals surface area contributed by atoms with E-state index in [0.29, 0.717) is 6.61 Å². The van der Waals surface area contributed by atoms with Gasteiger partial charge in [0.2, 0.25) is 0 Å². The van der Waals surface area contributed by atoms with Crippen LogP contribution in [0.15, 0.2) is 24.3 Å². The molecule has 0 fully saturated rings. The lowest BCUT2D eigenvalue weighted by molar-refractivity contribution is 0.228. The monoisotopic (exact) mass is 328 g/mol. The molecule has 2 aromatic rings. The van der Waals surface area contributed by atoms with Crippen molar-refractivity contribution in [3.8, 4) is 5.75 Å². The van der Waals surface area contributed by atoms with Crippen LogP contribution >= 0.6 is 0 Å². The molecule has 2 amide bonds. The van der Waals surface area contributed by atoms with Crippen LogP contribution < -0.4 is 15.4 Å². The molecule has 24 heavy (non-hydrogen) atoms. The van der Waals surface area contributed by atoms with Crippen molar-refractivity contribution in [1.82, 2.24) is 20.4 Å². The van der Waals surface area contributed by atoms with E-state index in [1.807, 2.05) is 49.8 Å². The largest absolute Gasteiger partial charge is 0.491 e. The van der Waals surface area contributed by atoms with Gasteiger partial charge in [-0.05, 0) is 26.3 Å². The maximum atomic E-state index is 12.5. The van der Waals surface area contributed by atoms with Crippen molar-refractivity contribution in [2.75, 3.05) is 6.61 Å². The molecule has 2 heterocycles. The summed E-state index contributed by atoms with van der Waals surface area (Å²) >= 11 is 0. The molecule has 128 valence electrons. The average Bonchev–Trinajstić information content (AvgIpc) is 3.07. The summed E-state index contributed by atoms with van der Waals surface area (Å²) in [6.07, 6.45) is 0.804. The van der Waals surface area contributed by atoms with Crippen LogP contribution in [0.3, 0.4) is 0 Å². The van der Waals surface area contributed by atoms with E-state index in [9.17, 15) is 4.79 Å². The van der Waals surface area contributed by atoms with Crippen molar-refractivity contribution >= 4 is 6.03 Å². The molecule has 0 spiro atoms. The Morgan fingerprint density at radius 3 is 2.83 bits per heavy atom. The Kier molecular flexibility index (Phi) is 4.46. The minimum Gasteiger partial charge on any atom is -0.491 e. The SMILES string of the molecule is CC[C@@H](NC(=O)N[C@H]1COc2ccccc21)c1c(C)nn(C)c1C. The highest BCUT2D eigenvalue weighted by Crippen LogP contribution is 2.31. The molecule has 2 atom stereocenters. The molecule has 2 N–H and O–H groups in total. The van der Waals surface area contributed by atoms with Gasteiger partial charge in [0.15, 0.2) is 0 Å². The van der Waals surface area contributed by atoms with Gasteiger partial charge in [0, 0.05) is 23.9 Å². The van der Waals surface area contributed by atoms with E-state index in [1.54, 1.807) is 0 Å². The summed E-state index contributed by atoms with van der Waals surface area (Å²) in [6.45, 7) is 6.53. The Morgan fingerprint density at radius 2 is 2.17 bits per heavy atom. The normalized spacial score (nSPS) is 17.1. The third-order valence-corrected chi connectivity index (χ3v) is 4.63. The molecule has 1 aliphatic rings. The quantitative estimate of drug-likeness (QED) is 0.907. The van der Waals surface area contributed by atoms with Crippen LogP contribution in [0.1, 0.15) is 47.9 Å². The maximum absolute atomic E-state index is 12.5. The first-order valence-corrected chi connectivity index (χ1v) is 8.30. The van der Waals surface area contributed by atoms with Gasteiger partial charge in [-0.1, -0.05) is 25.1 Å². The third-order valence-electron chi connectivity index (χ3n) is 4.63. The number of aryl methyl sites for hydroxylation is 2. The van der Waals surface area contributed by atoms with Crippen molar-refractivity contribution in [3.63, 3.8) is 0 Å². The number of carbonyl (C=O) groups is 1. The van der Waals surface area contributed by atoms with E-state index in [-0.39, 0.29) is 18.1 Å². The minimum atomic E-state index is -0.185. The third kappa shape index (κ3) is 2.96. The molecular formula is C18H24N4O2. The number of benzene rings is 1. The number of nitrogens with one attached hydrogen (secondary N) is 2. The van der Waals surface area contributed by atoms with Crippen molar-refractivity contribution in [2.45, 2.75) is 39.3 Å².